The van der Waals surface area contributed by atoms with Gasteiger partial charge in [0.25, 0.3) is 0 Å². The largest absolute Gasteiger partial charge is 0.493 e. The van der Waals surface area contributed by atoms with E-state index in [4.69, 9.17) is 4.74 Å². The van der Waals surface area contributed by atoms with Crippen LogP contribution in [0.1, 0.15) is 19.4 Å². The Bertz CT molecular complexity index is 493. The number of aliphatic hydroxyl groups excluding tert-OH is 1. The number of aromatic nitrogens is 3. The summed E-state index contributed by atoms with van der Waals surface area (Å²) in [5, 5.41) is 14.3. The molecule has 0 fully saturated rings. The summed E-state index contributed by atoms with van der Waals surface area (Å²) in [5.74, 6) is 0.690. The molecule has 0 spiro atoms. The van der Waals surface area contributed by atoms with Crippen molar-refractivity contribution in [3.63, 3.8) is 0 Å². The molecule has 5 nitrogen and oxygen atoms in total. The number of pyridine rings is 1. The lowest BCUT2D eigenvalue weighted by Crippen LogP contribution is -2.01. The van der Waals surface area contributed by atoms with Crippen LogP contribution in [0.15, 0.2) is 12.4 Å². The van der Waals surface area contributed by atoms with Crippen molar-refractivity contribution in [3.05, 3.63) is 18.0 Å². The second-order valence-corrected chi connectivity index (χ2v) is 3.40. The minimum atomic E-state index is -0.0738. The number of hydrogen-bond acceptors (Lipinski definition) is 4. The highest BCUT2D eigenvalue weighted by molar-refractivity contribution is 5.83. The monoisotopic (exact) mass is 221 g/mol. The third-order valence-corrected chi connectivity index (χ3v) is 2.45. The third kappa shape index (κ3) is 1.63. The molecule has 0 atom stereocenters. The second kappa shape index (κ2) is 4.49. The van der Waals surface area contributed by atoms with Crippen molar-refractivity contribution in [1.82, 2.24) is 14.8 Å². The van der Waals surface area contributed by atoms with Crippen LogP contribution < -0.4 is 4.74 Å². The smallest absolute Gasteiger partial charge is 0.161 e. The maximum atomic E-state index is 9.22. The van der Waals surface area contributed by atoms with Gasteiger partial charge in [-0.2, -0.15) is 5.10 Å². The normalized spacial score (nSPS) is 10.9. The Morgan fingerprint density at radius 3 is 2.81 bits per heavy atom. The van der Waals surface area contributed by atoms with Gasteiger partial charge in [-0.3, -0.25) is 0 Å². The van der Waals surface area contributed by atoms with E-state index in [0.717, 1.165) is 17.6 Å². The van der Waals surface area contributed by atoms with Gasteiger partial charge in [-0.05, 0) is 13.8 Å². The Kier molecular flexibility index (Phi) is 3.05. The van der Waals surface area contributed by atoms with Crippen molar-refractivity contribution >= 4 is 11.0 Å². The summed E-state index contributed by atoms with van der Waals surface area (Å²) in [4.78, 5) is 4.29. The van der Waals surface area contributed by atoms with Gasteiger partial charge in [-0.25, -0.2) is 9.67 Å². The van der Waals surface area contributed by atoms with Gasteiger partial charge in [0.1, 0.15) is 5.75 Å². The van der Waals surface area contributed by atoms with Crippen LogP contribution >= 0.6 is 0 Å². The van der Waals surface area contributed by atoms with Crippen LogP contribution in [0.5, 0.6) is 5.75 Å². The van der Waals surface area contributed by atoms with E-state index in [1.165, 1.54) is 0 Å². The molecule has 2 heterocycles. The zero-order chi connectivity index (χ0) is 11.5. The third-order valence-electron chi connectivity index (χ3n) is 2.45. The van der Waals surface area contributed by atoms with Gasteiger partial charge in [0, 0.05) is 18.3 Å². The molecule has 1 N–H and O–H groups in total. The average molecular weight is 221 g/mol. The fourth-order valence-electron chi connectivity index (χ4n) is 1.70. The Morgan fingerprint density at radius 2 is 2.19 bits per heavy atom. The molecule has 0 saturated heterocycles. The van der Waals surface area contributed by atoms with Crippen molar-refractivity contribution in [3.8, 4) is 5.75 Å². The lowest BCUT2D eigenvalue weighted by Gasteiger charge is -2.09. The van der Waals surface area contributed by atoms with E-state index >= 15 is 0 Å². The fourth-order valence-corrected chi connectivity index (χ4v) is 1.70. The van der Waals surface area contributed by atoms with Gasteiger partial charge in [-0.15, -0.1) is 0 Å². The zero-order valence-corrected chi connectivity index (χ0v) is 9.47. The standard InChI is InChI=1S/C11H15N3O2/c1-3-14-11-9(6-13-14)10(16-4-2)8(7-15)5-12-11/h5-6,15H,3-4,7H2,1-2H3. The van der Waals surface area contributed by atoms with E-state index in [9.17, 15) is 5.11 Å². The Labute approximate surface area is 93.7 Å². The molecular formula is C11H15N3O2. The van der Waals surface area contributed by atoms with Crippen LogP contribution in [-0.2, 0) is 13.2 Å². The van der Waals surface area contributed by atoms with Gasteiger partial charge < -0.3 is 9.84 Å². The van der Waals surface area contributed by atoms with E-state index < -0.39 is 0 Å². The van der Waals surface area contributed by atoms with Crippen LogP contribution in [0.2, 0.25) is 0 Å². The number of aliphatic hydroxyl groups is 1. The average Bonchev–Trinajstić information content (AvgIpc) is 2.73. The first-order chi connectivity index (χ1) is 7.81. The summed E-state index contributed by atoms with van der Waals surface area (Å²) in [6.45, 7) is 5.17. The summed E-state index contributed by atoms with van der Waals surface area (Å²) in [7, 11) is 0. The first-order valence-electron chi connectivity index (χ1n) is 5.38. The number of nitrogens with zero attached hydrogens (tertiary/aromatic N) is 3. The number of rotatable bonds is 4. The zero-order valence-electron chi connectivity index (χ0n) is 9.47. The SMILES string of the molecule is CCOc1c(CO)cnc2c1cnn2CC. The summed E-state index contributed by atoms with van der Waals surface area (Å²) in [6, 6.07) is 0. The lowest BCUT2D eigenvalue weighted by molar-refractivity contribution is 0.267. The van der Waals surface area contributed by atoms with Gasteiger partial charge >= 0.3 is 0 Å². The molecule has 0 bridgehead atoms. The molecule has 2 aromatic rings. The van der Waals surface area contributed by atoms with E-state index in [-0.39, 0.29) is 6.61 Å². The minimum Gasteiger partial charge on any atom is -0.493 e. The van der Waals surface area contributed by atoms with Crippen molar-refractivity contribution in [1.29, 1.82) is 0 Å². The number of hydrogen-bond donors (Lipinski definition) is 1. The highest BCUT2D eigenvalue weighted by Gasteiger charge is 2.12. The molecule has 2 aromatic heterocycles. The number of ether oxygens (including phenoxy) is 1. The molecule has 2 rings (SSSR count). The Morgan fingerprint density at radius 1 is 1.38 bits per heavy atom. The Hall–Kier alpha value is -1.62. The maximum absolute atomic E-state index is 9.22. The van der Waals surface area contributed by atoms with Gasteiger partial charge in [0.2, 0.25) is 0 Å². The van der Waals surface area contributed by atoms with Gasteiger partial charge in [-0.1, -0.05) is 0 Å². The molecular weight excluding hydrogens is 206 g/mol. The van der Waals surface area contributed by atoms with Crippen LogP contribution in [0.25, 0.3) is 11.0 Å². The lowest BCUT2D eigenvalue weighted by atomic mass is 10.2. The molecule has 0 radical (unpaired) electrons. The molecule has 0 aliphatic heterocycles. The number of fused-ring (bicyclic) bond motifs is 1. The van der Waals surface area contributed by atoms with Crippen molar-refractivity contribution in [2.45, 2.75) is 27.0 Å². The molecule has 0 aliphatic rings. The molecule has 5 heteroatoms. The quantitative estimate of drug-likeness (QED) is 0.846. The summed E-state index contributed by atoms with van der Waals surface area (Å²) >= 11 is 0. The summed E-state index contributed by atoms with van der Waals surface area (Å²) in [6.07, 6.45) is 3.37. The van der Waals surface area contributed by atoms with Crippen LogP contribution in [-0.4, -0.2) is 26.5 Å². The fraction of sp³-hybridized carbons (Fsp3) is 0.455. The highest BCUT2D eigenvalue weighted by Crippen LogP contribution is 2.28. The van der Waals surface area contributed by atoms with E-state index in [2.05, 4.69) is 10.1 Å². The summed E-state index contributed by atoms with van der Waals surface area (Å²) < 4.78 is 7.35. The van der Waals surface area contributed by atoms with Crippen molar-refractivity contribution in [2.24, 2.45) is 0 Å². The predicted octanol–water partition coefficient (Wildman–Crippen LogP) is 1.34. The first-order valence-corrected chi connectivity index (χ1v) is 5.38. The van der Waals surface area contributed by atoms with Gasteiger partial charge in [0.15, 0.2) is 5.65 Å². The molecule has 0 aliphatic carbocycles. The van der Waals surface area contributed by atoms with E-state index in [1.807, 2.05) is 13.8 Å². The molecule has 0 saturated carbocycles. The van der Waals surface area contributed by atoms with Crippen LogP contribution in [0.4, 0.5) is 0 Å². The molecule has 86 valence electrons. The number of aryl methyl sites for hydroxylation is 1. The summed E-state index contributed by atoms with van der Waals surface area (Å²) in [5.41, 5.74) is 1.49. The van der Waals surface area contributed by atoms with Crippen molar-refractivity contribution in [2.75, 3.05) is 6.61 Å². The highest BCUT2D eigenvalue weighted by atomic mass is 16.5. The molecule has 16 heavy (non-hydrogen) atoms. The topological polar surface area (TPSA) is 60.2 Å². The molecule has 0 unspecified atom stereocenters. The van der Waals surface area contributed by atoms with Crippen LogP contribution in [0.3, 0.4) is 0 Å². The molecule has 0 amide bonds. The minimum absolute atomic E-state index is 0.0738. The molecule has 0 aromatic carbocycles. The van der Waals surface area contributed by atoms with E-state index in [0.29, 0.717) is 17.9 Å². The van der Waals surface area contributed by atoms with E-state index in [1.54, 1.807) is 17.1 Å². The maximum Gasteiger partial charge on any atom is 0.161 e. The predicted molar refractivity (Wildman–Crippen MR) is 60.3 cm³/mol. The van der Waals surface area contributed by atoms with Crippen molar-refractivity contribution < 1.29 is 9.84 Å². The Balaban J connectivity index is 2.64. The first kappa shape index (κ1) is 10.9. The van der Waals surface area contributed by atoms with Gasteiger partial charge in [0.05, 0.1) is 24.8 Å². The van der Waals surface area contributed by atoms with Crippen LogP contribution in [0, 0.1) is 0 Å². The second-order valence-electron chi connectivity index (χ2n) is 3.40.